The maximum absolute atomic E-state index is 5.88. The monoisotopic (exact) mass is 268 g/mol. The molecule has 3 nitrogen and oxygen atoms in total. The fraction of sp³-hybridized carbons (Fsp3) is 1.00. The maximum atomic E-state index is 5.88. The number of nitrogens with zero attached hydrogens (tertiary/aromatic N) is 1. The summed E-state index contributed by atoms with van der Waals surface area (Å²) in [6.07, 6.45) is 10.9. The third-order valence-electron chi connectivity index (χ3n) is 5.21. The first-order valence-electron chi connectivity index (χ1n) is 8.25. The van der Waals surface area contributed by atoms with E-state index < -0.39 is 0 Å². The van der Waals surface area contributed by atoms with Crippen molar-refractivity contribution in [3.05, 3.63) is 0 Å². The lowest BCUT2D eigenvalue weighted by Crippen LogP contribution is -2.47. The normalized spacial score (nSPS) is 36.6. The van der Waals surface area contributed by atoms with Crippen LogP contribution in [0.4, 0.5) is 0 Å². The van der Waals surface area contributed by atoms with Crippen molar-refractivity contribution in [2.75, 3.05) is 20.7 Å². The van der Waals surface area contributed by atoms with Gasteiger partial charge in [0.1, 0.15) is 0 Å². The highest BCUT2D eigenvalue weighted by molar-refractivity contribution is 4.86. The Balaban J connectivity index is 1.80. The Morgan fingerprint density at radius 3 is 2.47 bits per heavy atom. The van der Waals surface area contributed by atoms with Gasteiger partial charge in [-0.15, -0.1) is 0 Å². The molecule has 0 aromatic rings. The van der Waals surface area contributed by atoms with Gasteiger partial charge in [0.05, 0.1) is 6.10 Å². The largest absolute Gasteiger partial charge is 0.378 e. The van der Waals surface area contributed by atoms with Crippen molar-refractivity contribution >= 4 is 0 Å². The molecule has 2 rings (SSSR count). The zero-order chi connectivity index (χ0) is 13.7. The van der Waals surface area contributed by atoms with Gasteiger partial charge in [-0.25, -0.2) is 0 Å². The summed E-state index contributed by atoms with van der Waals surface area (Å²) in [6.45, 7) is 3.22. The summed E-state index contributed by atoms with van der Waals surface area (Å²) in [4.78, 5) is 2.68. The number of ether oxygens (including phenoxy) is 1. The minimum atomic E-state index is 0.514. The molecule has 112 valence electrons. The van der Waals surface area contributed by atoms with E-state index >= 15 is 0 Å². The molecule has 1 aliphatic heterocycles. The zero-order valence-electron chi connectivity index (χ0n) is 13.0. The Kier molecular flexibility index (Phi) is 6.11. The minimum absolute atomic E-state index is 0.514. The first-order valence-corrected chi connectivity index (χ1v) is 8.25. The topological polar surface area (TPSA) is 24.5 Å². The zero-order valence-corrected chi connectivity index (χ0v) is 13.0. The number of rotatable bonds is 5. The molecule has 2 atom stereocenters. The van der Waals surface area contributed by atoms with Gasteiger partial charge in [-0.2, -0.15) is 0 Å². The molecule has 0 aromatic carbocycles. The molecule has 2 unspecified atom stereocenters. The highest BCUT2D eigenvalue weighted by Crippen LogP contribution is 2.28. The van der Waals surface area contributed by atoms with E-state index in [0.717, 1.165) is 24.7 Å². The quantitative estimate of drug-likeness (QED) is 0.830. The predicted molar refractivity (Wildman–Crippen MR) is 80.5 cm³/mol. The first kappa shape index (κ1) is 15.3. The van der Waals surface area contributed by atoms with Crippen molar-refractivity contribution in [3.8, 4) is 0 Å². The summed E-state index contributed by atoms with van der Waals surface area (Å²) in [5.41, 5.74) is 0. The summed E-state index contributed by atoms with van der Waals surface area (Å²) >= 11 is 0. The Morgan fingerprint density at radius 2 is 1.84 bits per heavy atom. The molecule has 0 aromatic heterocycles. The molecule has 1 aliphatic carbocycles. The molecule has 0 amide bonds. The number of nitrogens with one attached hydrogen (secondary N) is 1. The minimum Gasteiger partial charge on any atom is -0.378 e. The van der Waals surface area contributed by atoms with Gasteiger partial charge >= 0.3 is 0 Å². The molecule has 1 saturated carbocycles. The summed E-state index contributed by atoms with van der Waals surface area (Å²) in [7, 11) is 4.45. The Bertz CT molecular complexity index is 249. The highest BCUT2D eigenvalue weighted by atomic mass is 16.5. The molecule has 2 fully saturated rings. The fourth-order valence-corrected chi connectivity index (χ4v) is 3.82. The van der Waals surface area contributed by atoms with E-state index in [0.29, 0.717) is 6.10 Å². The molecule has 1 N–H and O–H groups in total. The fourth-order valence-electron chi connectivity index (χ4n) is 3.82. The molecule has 1 heterocycles. The predicted octanol–water partition coefficient (Wildman–Crippen LogP) is 2.80. The molecule has 19 heavy (non-hydrogen) atoms. The summed E-state index contributed by atoms with van der Waals surface area (Å²) < 4.78 is 5.88. The summed E-state index contributed by atoms with van der Waals surface area (Å²) in [5, 5.41) is 3.43. The SMILES string of the molecule is CCCC1CC(N(C)C2CCC(NC)CC2)CCO1. The van der Waals surface area contributed by atoms with Gasteiger partial charge < -0.3 is 15.0 Å². The van der Waals surface area contributed by atoms with Crippen molar-refractivity contribution in [2.45, 2.75) is 82.5 Å². The van der Waals surface area contributed by atoms with Gasteiger partial charge in [-0.3, -0.25) is 0 Å². The molecule has 3 heteroatoms. The lowest BCUT2D eigenvalue weighted by molar-refractivity contribution is -0.0372. The van der Waals surface area contributed by atoms with Crippen LogP contribution in [0.3, 0.4) is 0 Å². The summed E-state index contributed by atoms with van der Waals surface area (Å²) in [6, 6.07) is 2.31. The van der Waals surface area contributed by atoms with Crippen LogP contribution in [0, 0.1) is 0 Å². The Labute approximate surface area is 119 Å². The second kappa shape index (κ2) is 7.61. The lowest BCUT2D eigenvalue weighted by atomic mass is 9.88. The molecule has 2 aliphatic rings. The van der Waals surface area contributed by atoms with Crippen LogP contribution >= 0.6 is 0 Å². The van der Waals surface area contributed by atoms with Crippen molar-refractivity contribution in [3.63, 3.8) is 0 Å². The van der Waals surface area contributed by atoms with Crippen molar-refractivity contribution in [1.82, 2.24) is 10.2 Å². The molecular weight excluding hydrogens is 236 g/mol. The van der Waals surface area contributed by atoms with Gasteiger partial charge in [-0.1, -0.05) is 13.3 Å². The average molecular weight is 268 g/mol. The second-order valence-electron chi connectivity index (χ2n) is 6.42. The Morgan fingerprint density at radius 1 is 1.11 bits per heavy atom. The Hall–Kier alpha value is -0.120. The van der Waals surface area contributed by atoms with Crippen molar-refractivity contribution in [2.24, 2.45) is 0 Å². The smallest absolute Gasteiger partial charge is 0.0590 e. The van der Waals surface area contributed by atoms with Crippen LogP contribution in [0.15, 0.2) is 0 Å². The van der Waals surface area contributed by atoms with Crippen molar-refractivity contribution < 1.29 is 4.74 Å². The molecule has 1 saturated heterocycles. The molecule has 0 radical (unpaired) electrons. The van der Waals surface area contributed by atoms with Crippen LogP contribution in [-0.4, -0.2) is 49.8 Å². The molecular formula is C16H32N2O. The van der Waals surface area contributed by atoms with Crippen LogP contribution in [0.5, 0.6) is 0 Å². The molecule has 0 bridgehead atoms. The number of hydrogen-bond donors (Lipinski definition) is 1. The first-order chi connectivity index (χ1) is 9.24. The van der Waals surface area contributed by atoms with Crippen LogP contribution in [0.2, 0.25) is 0 Å². The van der Waals surface area contributed by atoms with Gasteiger partial charge in [0.2, 0.25) is 0 Å². The highest BCUT2D eigenvalue weighted by Gasteiger charge is 2.30. The number of hydrogen-bond acceptors (Lipinski definition) is 3. The third kappa shape index (κ3) is 4.17. The van der Waals surface area contributed by atoms with Crippen molar-refractivity contribution in [1.29, 1.82) is 0 Å². The molecule has 0 spiro atoms. The van der Waals surface area contributed by atoms with E-state index in [9.17, 15) is 0 Å². The van der Waals surface area contributed by atoms with Crippen LogP contribution in [-0.2, 0) is 4.74 Å². The standard InChI is InChI=1S/C16H32N2O/c1-4-5-16-12-15(10-11-19-16)18(3)14-8-6-13(17-2)7-9-14/h13-17H,4-12H2,1-3H3. The summed E-state index contributed by atoms with van der Waals surface area (Å²) in [5.74, 6) is 0. The van der Waals surface area contributed by atoms with Gasteiger partial charge in [0.25, 0.3) is 0 Å². The second-order valence-corrected chi connectivity index (χ2v) is 6.42. The average Bonchev–Trinajstić information content (AvgIpc) is 2.47. The van der Waals surface area contributed by atoms with Gasteiger partial charge in [-0.05, 0) is 59.0 Å². The lowest BCUT2D eigenvalue weighted by Gasteiger charge is -2.42. The van der Waals surface area contributed by atoms with E-state index in [1.807, 2.05) is 0 Å². The van der Waals surface area contributed by atoms with E-state index in [1.54, 1.807) is 0 Å². The van der Waals surface area contributed by atoms with Crippen LogP contribution in [0.25, 0.3) is 0 Å². The third-order valence-corrected chi connectivity index (χ3v) is 5.21. The van der Waals surface area contributed by atoms with E-state index in [1.165, 1.54) is 51.4 Å². The van der Waals surface area contributed by atoms with E-state index in [4.69, 9.17) is 4.74 Å². The van der Waals surface area contributed by atoms with Crippen LogP contribution < -0.4 is 5.32 Å². The van der Waals surface area contributed by atoms with Gasteiger partial charge in [0, 0.05) is 24.7 Å². The van der Waals surface area contributed by atoms with Crippen LogP contribution in [0.1, 0.15) is 58.3 Å². The van der Waals surface area contributed by atoms with E-state index in [2.05, 4.69) is 31.2 Å². The maximum Gasteiger partial charge on any atom is 0.0590 e. The van der Waals surface area contributed by atoms with E-state index in [-0.39, 0.29) is 0 Å². The van der Waals surface area contributed by atoms with Gasteiger partial charge in [0.15, 0.2) is 0 Å².